The first kappa shape index (κ1) is 74.2. The van der Waals surface area contributed by atoms with E-state index in [1.807, 2.05) is 39.0 Å². The zero-order chi connectivity index (χ0) is 63.9. The Morgan fingerprint density at radius 3 is 1.26 bits per heavy atom. The molecule has 18 heteroatoms. The zero-order valence-electron chi connectivity index (χ0n) is 53.0. The molecule has 3 N–H and O–H groups in total. The van der Waals surface area contributed by atoms with Crippen LogP contribution in [-0.4, -0.2) is 80.9 Å². The summed E-state index contributed by atoms with van der Waals surface area (Å²) in [6, 6.07) is 46.8. The summed E-state index contributed by atoms with van der Waals surface area (Å²) in [6.07, 6.45) is 8.37. The Morgan fingerprint density at radius 2 is 0.885 bits per heavy atom. The van der Waals surface area contributed by atoms with Crippen LogP contribution >= 0.6 is 35.3 Å². The minimum Gasteiger partial charge on any atom is -0.493 e. The van der Waals surface area contributed by atoms with E-state index < -0.39 is 35.6 Å². The van der Waals surface area contributed by atoms with Crippen LogP contribution in [0.4, 0.5) is 5.69 Å². The second kappa shape index (κ2) is 42.8. The van der Waals surface area contributed by atoms with Gasteiger partial charge in [-0.15, -0.1) is 0 Å². The first-order valence-electron chi connectivity index (χ1n) is 30.5. The number of nitrogens with one attached hydrogen (secondary N) is 3. The fourth-order valence-corrected chi connectivity index (χ4v) is 9.86. The van der Waals surface area contributed by atoms with Crippen molar-refractivity contribution in [3.05, 3.63) is 168 Å². The van der Waals surface area contributed by atoms with Gasteiger partial charge in [0.25, 0.3) is 23.6 Å². The Morgan fingerprint density at radius 1 is 0.483 bits per heavy atom. The highest BCUT2D eigenvalue weighted by atomic mass is 32.2. The Labute approximate surface area is 530 Å². The molecule has 3 aliphatic rings. The molecule has 0 saturated carbocycles. The number of ether oxygens (including phenoxy) is 1. The Hall–Kier alpha value is -7.02. The molecule has 6 amide bonds. The highest BCUT2D eigenvalue weighted by molar-refractivity contribution is 8.14. The molecule has 468 valence electrons. The van der Waals surface area contributed by atoms with Gasteiger partial charge in [-0.3, -0.25) is 28.8 Å². The summed E-state index contributed by atoms with van der Waals surface area (Å²) in [5.74, 6) is 1.89. The first-order chi connectivity index (χ1) is 42.0. The molecule has 5 aromatic carbocycles. The van der Waals surface area contributed by atoms with Crippen LogP contribution in [0.1, 0.15) is 174 Å². The third-order valence-corrected chi connectivity index (χ3v) is 16.4. The van der Waals surface area contributed by atoms with Crippen LogP contribution in [0.2, 0.25) is 0 Å². The molecule has 8 rings (SSSR count). The van der Waals surface area contributed by atoms with E-state index in [9.17, 15) is 28.8 Å². The summed E-state index contributed by atoms with van der Waals surface area (Å²) in [7, 11) is 0. The molecule has 15 nitrogen and oxygen atoms in total. The van der Waals surface area contributed by atoms with Crippen molar-refractivity contribution in [3.8, 4) is 5.75 Å². The van der Waals surface area contributed by atoms with Gasteiger partial charge < -0.3 is 20.7 Å². The number of hydrogen-bond acceptors (Lipinski definition) is 12. The second-order valence-electron chi connectivity index (χ2n) is 20.6. The Bertz CT molecular complexity index is 2860. The van der Waals surface area contributed by atoms with E-state index in [1.54, 1.807) is 43.3 Å². The Kier molecular flexibility index (Phi) is 36.5. The maximum Gasteiger partial charge on any atom is 0.284 e. The maximum absolute atomic E-state index is 12.0. The number of amidine groups is 3. The van der Waals surface area contributed by atoms with Crippen molar-refractivity contribution in [1.82, 2.24) is 16.0 Å². The normalized spacial score (nSPS) is 17.4. The highest BCUT2D eigenvalue weighted by Crippen LogP contribution is 2.25. The van der Waals surface area contributed by atoms with Gasteiger partial charge in [0.05, 0.1) is 12.3 Å². The second-order valence-corrected chi connectivity index (χ2v) is 24.4. The molecule has 0 aliphatic carbocycles. The van der Waals surface area contributed by atoms with Crippen molar-refractivity contribution in [3.63, 3.8) is 0 Å². The SMILES string of the molecule is CCC(C)c1ccccc1.CCC(C)c1ccccc1.CCC(C)c1ccccc1.CCCCC(CC)COc1ccc(N=NC2C(=O)N=C(SCC)NC2=O)cc1.CCSC1=NC(=O)C(C)C(=O)N1.CCSC1=NC(=O)C(c2ccccc2)C(=O)N1. The quantitative estimate of drug-likeness (QED) is 0.0526. The number of azo groups is 1. The lowest BCUT2D eigenvalue weighted by molar-refractivity contribution is -0.133. The fourth-order valence-electron chi connectivity index (χ4n) is 8.06. The van der Waals surface area contributed by atoms with E-state index in [0.29, 0.717) is 62.8 Å². The lowest BCUT2D eigenvalue weighted by Gasteiger charge is -2.19. The topological polar surface area (TPSA) is 210 Å². The minimum atomic E-state index is -1.24. The number of amides is 6. The zero-order valence-corrected chi connectivity index (χ0v) is 55.4. The van der Waals surface area contributed by atoms with Gasteiger partial charge in [0.2, 0.25) is 17.9 Å². The fraction of sp³-hybridized carbons (Fsp3) is 0.435. The molecule has 0 fully saturated rings. The van der Waals surface area contributed by atoms with Gasteiger partial charge in [-0.05, 0) is 120 Å². The van der Waals surface area contributed by atoms with E-state index in [2.05, 4.69) is 188 Å². The van der Waals surface area contributed by atoms with Crippen LogP contribution in [0.15, 0.2) is 171 Å². The summed E-state index contributed by atoms with van der Waals surface area (Å²) < 4.78 is 5.86. The van der Waals surface area contributed by atoms with Crippen LogP contribution in [0.25, 0.3) is 0 Å². The molecule has 0 bridgehead atoms. The maximum atomic E-state index is 12.0. The molecular weight excluding hydrogens is 1150 g/mol. The molecular formula is C69H92N8O7S3. The number of aliphatic imine (C=N–C) groups is 3. The standard InChI is InChI=1S/C20H28N4O3S.C12H12N2O2S.3C10H14.C7H10N2O2S/c1-4-7-8-14(5-2)13-27-16-11-9-15(10-12-16)23-24-17-18(25)21-20(28-6-3)22-19(17)26;1-2-17-12-13-10(15)9(11(16)14-12)8-6-4-3-5-7-8;3*1-3-9(2)10-7-5-4-6-8-10;1-3-12-7-8-5(10)4(2)6(11)9-7/h9-12,14,17H,4-8,13H2,1-3H3,(H,21,22,25,26);3-7,9H,2H2,1H3,(H,13,14,15,16);3*4-9H,3H2,1-2H3;4H,3H2,1-2H3,(H,8,9,10,11). The van der Waals surface area contributed by atoms with Gasteiger partial charge >= 0.3 is 0 Å². The summed E-state index contributed by atoms with van der Waals surface area (Å²) in [5.41, 5.74) is 5.57. The molecule has 87 heavy (non-hydrogen) atoms. The number of thioether (sulfide) groups is 3. The molecule has 3 heterocycles. The average molecular weight is 1240 g/mol. The molecule has 0 saturated heterocycles. The number of carbonyl (C=O) groups excluding carboxylic acids is 6. The van der Waals surface area contributed by atoms with Gasteiger partial charge in [0.1, 0.15) is 17.6 Å². The number of benzene rings is 5. The molecule has 0 radical (unpaired) electrons. The van der Waals surface area contributed by atoms with Crippen molar-refractivity contribution in [1.29, 1.82) is 0 Å². The summed E-state index contributed by atoms with van der Waals surface area (Å²) in [5, 5.41) is 16.8. The molecule has 7 atom stereocenters. The predicted octanol–water partition coefficient (Wildman–Crippen LogP) is 16.0. The van der Waals surface area contributed by atoms with Crippen LogP contribution in [-0.2, 0) is 28.8 Å². The highest BCUT2D eigenvalue weighted by Gasteiger charge is 2.34. The van der Waals surface area contributed by atoms with Gasteiger partial charge in [-0.1, -0.05) is 252 Å². The lowest BCUT2D eigenvalue weighted by atomic mass is 9.97. The predicted molar refractivity (Wildman–Crippen MR) is 363 cm³/mol. The van der Waals surface area contributed by atoms with Gasteiger partial charge in [0, 0.05) is 0 Å². The van der Waals surface area contributed by atoms with Crippen LogP contribution in [0.5, 0.6) is 5.75 Å². The van der Waals surface area contributed by atoms with Crippen molar-refractivity contribution in [2.24, 2.45) is 37.0 Å². The van der Waals surface area contributed by atoms with Crippen molar-refractivity contribution < 1.29 is 33.5 Å². The van der Waals surface area contributed by atoms with E-state index in [0.717, 1.165) is 23.7 Å². The third-order valence-electron chi connectivity index (χ3n) is 14.2. The summed E-state index contributed by atoms with van der Waals surface area (Å²) >= 11 is 4.01. The third kappa shape index (κ3) is 27.7. The molecule has 0 aromatic heterocycles. The van der Waals surface area contributed by atoms with Crippen molar-refractivity contribution in [2.75, 3.05) is 23.9 Å². The van der Waals surface area contributed by atoms with E-state index in [1.165, 1.54) is 90.5 Å². The number of nitrogens with zero attached hydrogens (tertiary/aromatic N) is 5. The molecule has 7 unspecified atom stereocenters. The van der Waals surface area contributed by atoms with Crippen LogP contribution < -0.4 is 20.7 Å². The van der Waals surface area contributed by atoms with Crippen molar-refractivity contribution in [2.45, 2.75) is 158 Å². The smallest absolute Gasteiger partial charge is 0.284 e. The molecule has 5 aromatic rings. The largest absolute Gasteiger partial charge is 0.493 e. The van der Waals surface area contributed by atoms with Crippen molar-refractivity contribution >= 4 is 91.9 Å². The van der Waals surface area contributed by atoms with Crippen LogP contribution in [0, 0.1) is 11.8 Å². The van der Waals surface area contributed by atoms with Crippen LogP contribution in [0.3, 0.4) is 0 Å². The van der Waals surface area contributed by atoms with Gasteiger partial charge in [0.15, 0.2) is 15.5 Å². The summed E-state index contributed by atoms with van der Waals surface area (Å²) in [6.45, 7) is 25.8. The van der Waals surface area contributed by atoms with Gasteiger partial charge in [-0.2, -0.15) is 25.2 Å². The number of hydrogen-bond donors (Lipinski definition) is 3. The molecule has 3 aliphatic heterocycles. The average Bonchev–Trinajstić information content (AvgIpc) is 2.28. The first-order valence-corrected chi connectivity index (χ1v) is 33.4. The van der Waals surface area contributed by atoms with E-state index >= 15 is 0 Å². The number of unbranched alkanes of at least 4 members (excludes halogenated alkanes) is 1. The minimum absolute atomic E-state index is 0.258. The van der Waals surface area contributed by atoms with E-state index in [-0.39, 0.29) is 17.7 Å². The monoisotopic (exact) mass is 1240 g/mol. The van der Waals surface area contributed by atoms with Gasteiger partial charge in [-0.25, -0.2) is 0 Å². The molecule has 0 spiro atoms. The van der Waals surface area contributed by atoms with E-state index in [4.69, 9.17) is 4.74 Å². The number of rotatable bonds is 19. The number of carbonyl (C=O) groups is 6. The summed E-state index contributed by atoms with van der Waals surface area (Å²) in [4.78, 5) is 81.2. The lowest BCUT2D eigenvalue weighted by Crippen LogP contribution is -2.45. The Balaban J connectivity index is 0.000000289.